The predicted molar refractivity (Wildman–Crippen MR) is 80.8 cm³/mol. The second-order valence-corrected chi connectivity index (χ2v) is 7.59. The van der Waals surface area contributed by atoms with Gasteiger partial charge in [-0.05, 0) is 50.5 Å². The minimum absolute atomic E-state index is 0.0387. The summed E-state index contributed by atoms with van der Waals surface area (Å²) >= 11 is 0. The van der Waals surface area contributed by atoms with E-state index >= 15 is 0 Å². The second kappa shape index (κ2) is 6.14. The van der Waals surface area contributed by atoms with Crippen LogP contribution in [0.5, 0.6) is 0 Å². The summed E-state index contributed by atoms with van der Waals surface area (Å²) in [5.41, 5.74) is 1.88. The van der Waals surface area contributed by atoms with Crippen molar-refractivity contribution >= 4 is 25.6 Å². The zero-order valence-electron chi connectivity index (χ0n) is 12.4. The van der Waals surface area contributed by atoms with Gasteiger partial charge in [-0.15, -0.1) is 0 Å². The fraction of sp³-hybridized carbons (Fsp3) is 0.500. The van der Waals surface area contributed by atoms with Crippen LogP contribution in [-0.2, 0) is 9.05 Å². The highest BCUT2D eigenvalue weighted by atomic mass is 35.7. The van der Waals surface area contributed by atoms with Crippen LogP contribution < -0.4 is 0 Å². The summed E-state index contributed by atoms with van der Waals surface area (Å²) in [6.07, 6.45) is 0.827. The number of halogens is 1. The highest BCUT2D eigenvalue weighted by molar-refractivity contribution is 8.13. The molecule has 0 aliphatic carbocycles. The number of carbonyl (C=O) groups excluding carboxylic acids is 1. The summed E-state index contributed by atoms with van der Waals surface area (Å²) in [7, 11) is 3.24. The van der Waals surface area contributed by atoms with Crippen molar-refractivity contribution in [3.8, 4) is 0 Å². The van der Waals surface area contributed by atoms with Gasteiger partial charge in [-0.2, -0.15) is 0 Å². The highest BCUT2D eigenvalue weighted by Crippen LogP contribution is 2.24. The summed E-state index contributed by atoms with van der Waals surface area (Å²) in [5, 5.41) is 0. The van der Waals surface area contributed by atoms with Gasteiger partial charge in [0.05, 0.1) is 4.90 Å². The minimum Gasteiger partial charge on any atom is -0.339 e. The first kappa shape index (κ1) is 17.0. The maximum absolute atomic E-state index is 12.5. The molecule has 0 aliphatic rings. The summed E-state index contributed by atoms with van der Waals surface area (Å²) < 4.78 is 22.9. The van der Waals surface area contributed by atoms with Gasteiger partial charge in [-0.3, -0.25) is 4.79 Å². The Morgan fingerprint density at radius 2 is 1.90 bits per heavy atom. The van der Waals surface area contributed by atoms with Crippen molar-refractivity contribution in [2.75, 3.05) is 7.05 Å². The first-order chi connectivity index (χ1) is 9.09. The van der Waals surface area contributed by atoms with Crippen LogP contribution in [0.25, 0.3) is 0 Å². The third kappa shape index (κ3) is 3.52. The van der Waals surface area contributed by atoms with Gasteiger partial charge >= 0.3 is 0 Å². The Hall–Kier alpha value is -1.07. The summed E-state index contributed by atoms with van der Waals surface area (Å²) in [6, 6.07) is 2.92. The third-order valence-corrected chi connectivity index (χ3v) is 5.06. The molecule has 0 bridgehead atoms. The summed E-state index contributed by atoms with van der Waals surface area (Å²) in [6.45, 7) is 7.51. The number of hydrogen-bond donors (Lipinski definition) is 0. The Kier molecular flexibility index (Phi) is 5.21. The minimum atomic E-state index is -3.85. The smallest absolute Gasteiger partial charge is 0.261 e. The first-order valence-electron chi connectivity index (χ1n) is 6.42. The van der Waals surface area contributed by atoms with E-state index in [9.17, 15) is 13.2 Å². The molecule has 1 aromatic carbocycles. The molecule has 20 heavy (non-hydrogen) atoms. The molecule has 0 heterocycles. The van der Waals surface area contributed by atoms with E-state index in [0.717, 1.165) is 17.5 Å². The van der Waals surface area contributed by atoms with Gasteiger partial charge in [0.25, 0.3) is 15.0 Å². The van der Waals surface area contributed by atoms with E-state index in [2.05, 4.69) is 0 Å². The Balaban J connectivity index is 3.38. The van der Waals surface area contributed by atoms with E-state index in [0.29, 0.717) is 5.56 Å². The zero-order chi connectivity index (χ0) is 15.7. The summed E-state index contributed by atoms with van der Waals surface area (Å²) in [4.78, 5) is 14.1. The van der Waals surface area contributed by atoms with Crippen LogP contribution in [0.2, 0.25) is 0 Å². The number of carbonyl (C=O) groups is 1. The zero-order valence-corrected chi connectivity index (χ0v) is 14.0. The van der Waals surface area contributed by atoms with Gasteiger partial charge < -0.3 is 4.90 Å². The molecule has 0 N–H and O–H groups in total. The molecule has 0 aromatic heterocycles. The van der Waals surface area contributed by atoms with Crippen LogP contribution in [0.3, 0.4) is 0 Å². The van der Waals surface area contributed by atoms with Gasteiger partial charge in [0.2, 0.25) is 0 Å². The molecule has 0 saturated heterocycles. The lowest BCUT2D eigenvalue weighted by Crippen LogP contribution is -2.35. The molecule has 0 fully saturated rings. The molecule has 4 nitrogen and oxygen atoms in total. The molecule has 0 radical (unpaired) electrons. The van der Waals surface area contributed by atoms with Gasteiger partial charge in [0.1, 0.15) is 0 Å². The molecule has 0 spiro atoms. The molecular weight excluding hydrogens is 298 g/mol. The molecule has 1 atom stereocenters. The van der Waals surface area contributed by atoms with Crippen molar-refractivity contribution in [2.45, 2.75) is 45.1 Å². The maximum atomic E-state index is 12.5. The molecular formula is C14H20ClNO3S. The average Bonchev–Trinajstić information content (AvgIpc) is 2.37. The Morgan fingerprint density at radius 3 is 2.35 bits per heavy atom. The highest BCUT2D eigenvalue weighted by Gasteiger charge is 2.22. The van der Waals surface area contributed by atoms with Gasteiger partial charge in [-0.1, -0.05) is 6.92 Å². The third-order valence-electron chi connectivity index (χ3n) is 3.73. The molecule has 112 valence electrons. The fourth-order valence-electron chi connectivity index (χ4n) is 1.85. The van der Waals surface area contributed by atoms with Crippen molar-refractivity contribution in [1.29, 1.82) is 0 Å². The van der Waals surface area contributed by atoms with Crippen molar-refractivity contribution < 1.29 is 13.2 Å². The Morgan fingerprint density at radius 1 is 1.35 bits per heavy atom. The van der Waals surface area contributed by atoms with Crippen LogP contribution in [0, 0.1) is 13.8 Å². The number of rotatable bonds is 4. The predicted octanol–water partition coefficient (Wildman–Crippen LogP) is 3.10. The van der Waals surface area contributed by atoms with E-state index in [1.165, 1.54) is 12.1 Å². The largest absolute Gasteiger partial charge is 0.339 e. The van der Waals surface area contributed by atoms with Crippen LogP contribution in [0.15, 0.2) is 17.0 Å². The van der Waals surface area contributed by atoms with E-state index in [-0.39, 0.29) is 16.8 Å². The van der Waals surface area contributed by atoms with Crippen molar-refractivity contribution in [3.63, 3.8) is 0 Å². The molecule has 1 rings (SSSR count). The quantitative estimate of drug-likeness (QED) is 0.802. The number of benzene rings is 1. The van der Waals surface area contributed by atoms with Crippen LogP contribution in [-0.4, -0.2) is 32.3 Å². The van der Waals surface area contributed by atoms with Gasteiger partial charge in [0.15, 0.2) is 0 Å². The Bertz CT molecular complexity index is 626. The molecule has 0 aliphatic heterocycles. The van der Waals surface area contributed by atoms with Crippen LogP contribution in [0.1, 0.15) is 41.8 Å². The standard InChI is InChI=1S/C14H20ClNO3S/c1-6-10(3)16(5)14(17)13-8-12(20(15,18)19)7-9(2)11(13)4/h7-8,10H,6H2,1-5H3. The van der Waals surface area contributed by atoms with E-state index in [4.69, 9.17) is 10.7 Å². The number of amides is 1. The van der Waals surface area contributed by atoms with E-state index in [1.54, 1.807) is 25.8 Å². The van der Waals surface area contributed by atoms with Crippen molar-refractivity contribution in [2.24, 2.45) is 0 Å². The molecule has 0 saturated carbocycles. The monoisotopic (exact) mass is 317 g/mol. The molecule has 1 unspecified atom stereocenters. The van der Waals surface area contributed by atoms with E-state index < -0.39 is 9.05 Å². The van der Waals surface area contributed by atoms with E-state index in [1.807, 2.05) is 13.8 Å². The first-order valence-corrected chi connectivity index (χ1v) is 8.73. The average molecular weight is 318 g/mol. The maximum Gasteiger partial charge on any atom is 0.261 e. The summed E-state index contributed by atoms with van der Waals surface area (Å²) in [5.74, 6) is -0.192. The van der Waals surface area contributed by atoms with Gasteiger partial charge in [-0.25, -0.2) is 8.42 Å². The lowest BCUT2D eigenvalue weighted by molar-refractivity contribution is 0.0739. The SMILES string of the molecule is CCC(C)N(C)C(=O)c1cc(S(=O)(=O)Cl)cc(C)c1C. The number of aryl methyl sites for hydroxylation is 1. The van der Waals surface area contributed by atoms with Crippen LogP contribution in [0.4, 0.5) is 0 Å². The second-order valence-electron chi connectivity index (χ2n) is 5.02. The van der Waals surface area contributed by atoms with Gasteiger partial charge in [0, 0.05) is 29.3 Å². The molecule has 6 heteroatoms. The number of hydrogen-bond acceptors (Lipinski definition) is 3. The molecule has 1 amide bonds. The molecule has 1 aromatic rings. The lowest BCUT2D eigenvalue weighted by atomic mass is 10.0. The Labute approximate surface area is 125 Å². The fourth-order valence-corrected chi connectivity index (χ4v) is 2.70. The topological polar surface area (TPSA) is 54.5 Å². The van der Waals surface area contributed by atoms with Crippen LogP contribution >= 0.6 is 10.7 Å². The van der Waals surface area contributed by atoms with Crippen molar-refractivity contribution in [1.82, 2.24) is 4.90 Å². The lowest BCUT2D eigenvalue weighted by Gasteiger charge is -2.25. The normalized spacial score (nSPS) is 13.1. The van der Waals surface area contributed by atoms with Crippen molar-refractivity contribution in [3.05, 3.63) is 28.8 Å². The number of nitrogens with zero attached hydrogens (tertiary/aromatic N) is 1.